The molecule has 228 valence electrons. The van der Waals surface area contributed by atoms with Gasteiger partial charge in [0.2, 0.25) is 5.88 Å². The van der Waals surface area contributed by atoms with Gasteiger partial charge in [0.25, 0.3) is 5.91 Å². The van der Waals surface area contributed by atoms with E-state index >= 15 is 0 Å². The Kier molecular flexibility index (Phi) is 8.39. The second-order valence-electron chi connectivity index (χ2n) is 11.4. The molecule has 1 aliphatic carbocycles. The van der Waals surface area contributed by atoms with Crippen LogP contribution in [0.15, 0.2) is 48.7 Å². The van der Waals surface area contributed by atoms with Crippen LogP contribution in [-0.4, -0.2) is 55.2 Å². The summed E-state index contributed by atoms with van der Waals surface area (Å²) >= 11 is 0. The molecule has 11 heteroatoms. The van der Waals surface area contributed by atoms with E-state index in [0.717, 1.165) is 66.8 Å². The van der Waals surface area contributed by atoms with Gasteiger partial charge in [-0.25, -0.2) is 4.98 Å². The number of amides is 1. The normalized spacial score (nSPS) is 23.3. The molecule has 8 nitrogen and oxygen atoms in total. The van der Waals surface area contributed by atoms with E-state index in [0.29, 0.717) is 50.5 Å². The second kappa shape index (κ2) is 12.2. The van der Waals surface area contributed by atoms with E-state index in [-0.39, 0.29) is 17.3 Å². The van der Waals surface area contributed by atoms with Crippen LogP contribution in [0.3, 0.4) is 0 Å². The molecule has 43 heavy (non-hydrogen) atoms. The van der Waals surface area contributed by atoms with E-state index in [1.165, 1.54) is 18.3 Å². The zero-order valence-corrected chi connectivity index (χ0v) is 23.9. The number of aromatic nitrogens is 2. The van der Waals surface area contributed by atoms with Crippen molar-refractivity contribution >= 4 is 11.6 Å². The molecule has 2 saturated heterocycles. The summed E-state index contributed by atoms with van der Waals surface area (Å²) in [5, 5.41) is 2.70. The van der Waals surface area contributed by atoms with Crippen molar-refractivity contribution in [3.63, 3.8) is 0 Å². The van der Waals surface area contributed by atoms with E-state index < -0.39 is 17.6 Å². The SMILES string of the molecule is Cc1ncc(NC(=O)c2cccc(C(F)(F)F)c2)cc1-c1cc(OCCOC2CCCCO2)nc(C23CCOCC2C3)c1. The fraction of sp³-hybridized carbons (Fsp3) is 0.469. The summed E-state index contributed by atoms with van der Waals surface area (Å²) in [6, 6.07) is 9.98. The Morgan fingerprint density at radius 1 is 1.14 bits per heavy atom. The summed E-state index contributed by atoms with van der Waals surface area (Å²) in [6.45, 7) is 4.61. The van der Waals surface area contributed by atoms with Gasteiger partial charge in [0.1, 0.15) is 6.61 Å². The number of hydrogen-bond donors (Lipinski definition) is 1. The van der Waals surface area contributed by atoms with Gasteiger partial charge in [-0.3, -0.25) is 9.78 Å². The molecule has 3 unspecified atom stereocenters. The van der Waals surface area contributed by atoms with Crippen LogP contribution in [-0.2, 0) is 25.8 Å². The highest BCUT2D eigenvalue weighted by Crippen LogP contribution is 2.58. The molecule has 3 fully saturated rings. The Bertz CT molecular complexity index is 1480. The molecule has 2 aliphatic heterocycles. The first-order chi connectivity index (χ1) is 20.7. The fourth-order valence-corrected chi connectivity index (χ4v) is 5.92. The molecule has 4 heterocycles. The number of anilines is 1. The quantitative estimate of drug-likeness (QED) is 0.289. The van der Waals surface area contributed by atoms with Gasteiger partial charge in [-0.2, -0.15) is 13.2 Å². The highest BCUT2D eigenvalue weighted by molar-refractivity contribution is 6.04. The summed E-state index contributed by atoms with van der Waals surface area (Å²) in [7, 11) is 0. The first-order valence-electron chi connectivity index (χ1n) is 14.6. The Morgan fingerprint density at radius 3 is 2.81 bits per heavy atom. The maximum absolute atomic E-state index is 13.2. The van der Waals surface area contributed by atoms with Crippen molar-refractivity contribution < 1.29 is 36.9 Å². The van der Waals surface area contributed by atoms with Gasteiger partial charge >= 0.3 is 6.18 Å². The number of fused-ring (bicyclic) bond motifs is 1. The number of halogens is 3. The van der Waals surface area contributed by atoms with Gasteiger partial charge in [0.15, 0.2) is 6.29 Å². The van der Waals surface area contributed by atoms with Crippen LogP contribution in [0.2, 0.25) is 0 Å². The van der Waals surface area contributed by atoms with Gasteiger partial charge in [-0.05, 0) is 80.8 Å². The molecule has 1 saturated carbocycles. The van der Waals surface area contributed by atoms with E-state index in [2.05, 4.69) is 10.3 Å². The minimum absolute atomic E-state index is 0.0601. The molecular weight excluding hydrogens is 563 g/mol. The topological polar surface area (TPSA) is 91.8 Å². The lowest BCUT2D eigenvalue weighted by Gasteiger charge is -2.24. The largest absolute Gasteiger partial charge is 0.475 e. The van der Waals surface area contributed by atoms with Crippen LogP contribution in [0.25, 0.3) is 11.1 Å². The minimum Gasteiger partial charge on any atom is -0.475 e. The van der Waals surface area contributed by atoms with Crippen molar-refractivity contribution in [2.75, 3.05) is 38.4 Å². The highest BCUT2D eigenvalue weighted by Gasteiger charge is 2.58. The molecule has 2 aromatic heterocycles. The number of nitrogens with zero attached hydrogens (tertiary/aromatic N) is 2. The van der Waals surface area contributed by atoms with E-state index in [1.807, 2.05) is 19.1 Å². The number of nitrogens with one attached hydrogen (secondary N) is 1. The van der Waals surface area contributed by atoms with Crippen LogP contribution in [0, 0.1) is 12.8 Å². The van der Waals surface area contributed by atoms with Gasteiger partial charge in [0, 0.05) is 41.5 Å². The summed E-state index contributed by atoms with van der Waals surface area (Å²) in [4.78, 5) is 22.3. The number of hydrogen-bond acceptors (Lipinski definition) is 7. The van der Waals surface area contributed by atoms with Crippen LogP contribution in [0.5, 0.6) is 5.88 Å². The Balaban J connectivity index is 1.24. The van der Waals surface area contributed by atoms with Crippen LogP contribution in [0.4, 0.5) is 18.9 Å². The molecule has 0 radical (unpaired) electrons. The third-order valence-electron chi connectivity index (χ3n) is 8.44. The molecule has 3 aromatic rings. The predicted octanol–water partition coefficient (Wildman–Crippen LogP) is 6.32. The smallest absolute Gasteiger partial charge is 0.416 e. The Labute approximate surface area is 247 Å². The van der Waals surface area contributed by atoms with E-state index in [1.54, 1.807) is 6.07 Å². The molecule has 3 atom stereocenters. The third kappa shape index (κ3) is 6.68. The van der Waals surface area contributed by atoms with E-state index in [4.69, 9.17) is 23.9 Å². The lowest BCUT2D eigenvalue weighted by Crippen LogP contribution is -2.25. The van der Waals surface area contributed by atoms with Gasteiger partial charge in [-0.15, -0.1) is 0 Å². The van der Waals surface area contributed by atoms with Crippen molar-refractivity contribution in [1.29, 1.82) is 0 Å². The van der Waals surface area contributed by atoms with Crippen LogP contribution in [0.1, 0.15) is 59.4 Å². The number of pyridine rings is 2. The van der Waals surface area contributed by atoms with Crippen LogP contribution < -0.4 is 10.1 Å². The zero-order valence-electron chi connectivity index (χ0n) is 23.9. The van der Waals surface area contributed by atoms with Crippen molar-refractivity contribution in [2.24, 2.45) is 5.92 Å². The lowest BCUT2D eigenvalue weighted by atomic mass is 9.91. The summed E-state index contributed by atoms with van der Waals surface area (Å²) in [5.74, 6) is 0.205. The second-order valence-corrected chi connectivity index (χ2v) is 11.4. The third-order valence-corrected chi connectivity index (χ3v) is 8.44. The molecule has 3 aliphatic rings. The van der Waals surface area contributed by atoms with Crippen molar-refractivity contribution in [3.8, 4) is 17.0 Å². The summed E-state index contributed by atoms with van der Waals surface area (Å²) in [5.41, 5.74) is 2.54. The number of ether oxygens (including phenoxy) is 4. The van der Waals surface area contributed by atoms with Gasteiger partial charge in [-0.1, -0.05) is 6.07 Å². The first-order valence-corrected chi connectivity index (χ1v) is 14.6. The van der Waals surface area contributed by atoms with Crippen molar-refractivity contribution in [3.05, 3.63) is 71.2 Å². The number of aryl methyl sites for hydroxylation is 1. The first kappa shape index (κ1) is 29.5. The number of rotatable bonds is 9. The molecule has 1 N–H and O–H groups in total. The maximum Gasteiger partial charge on any atom is 0.416 e. The number of carbonyl (C=O) groups excluding carboxylic acids is 1. The van der Waals surface area contributed by atoms with Crippen molar-refractivity contribution in [1.82, 2.24) is 9.97 Å². The predicted molar refractivity (Wildman–Crippen MR) is 152 cm³/mol. The molecule has 1 amide bonds. The van der Waals surface area contributed by atoms with Gasteiger partial charge < -0.3 is 24.3 Å². The zero-order chi connectivity index (χ0) is 30.0. The Hall–Kier alpha value is -3.54. The molecule has 1 aromatic carbocycles. The maximum atomic E-state index is 13.2. The van der Waals surface area contributed by atoms with Crippen LogP contribution >= 0.6 is 0 Å². The molecule has 6 rings (SSSR count). The molecule has 0 bridgehead atoms. The monoisotopic (exact) mass is 597 g/mol. The fourth-order valence-electron chi connectivity index (χ4n) is 5.92. The van der Waals surface area contributed by atoms with Crippen molar-refractivity contribution in [2.45, 2.75) is 56.9 Å². The average Bonchev–Trinajstić information content (AvgIpc) is 3.77. The number of alkyl halides is 3. The highest BCUT2D eigenvalue weighted by atomic mass is 19.4. The Morgan fingerprint density at radius 2 is 2.02 bits per heavy atom. The molecule has 0 spiro atoms. The molecular formula is C32H34F3N3O5. The number of benzene rings is 1. The summed E-state index contributed by atoms with van der Waals surface area (Å²) < 4.78 is 62.8. The number of carbonyl (C=O) groups is 1. The van der Waals surface area contributed by atoms with E-state index in [9.17, 15) is 18.0 Å². The lowest BCUT2D eigenvalue weighted by molar-refractivity contribution is -0.165. The standard InChI is InChI=1S/C32H34F3N3O5/c1-20-26(16-25(18-36-20)37-30(39)21-5-4-6-23(13-21)32(33,34)35)22-14-27(31-8-10-40-19-24(31)17-31)38-28(15-22)41-11-12-43-29-7-2-3-9-42-29/h4-6,13-16,18,24,29H,2-3,7-12,17,19H2,1H3,(H,37,39). The minimum atomic E-state index is -4.55. The average molecular weight is 598 g/mol. The van der Waals surface area contributed by atoms with Gasteiger partial charge in [0.05, 0.1) is 36.4 Å². The summed E-state index contributed by atoms with van der Waals surface area (Å²) in [6.07, 6.45) is 1.61.